The van der Waals surface area contributed by atoms with Gasteiger partial charge in [0.15, 0.2) is 4.33 Å². The van der Waals surface area contributed by atoms with Crippen molar-refractivity contribution in [2.75, 3.05) is 5.01 Å². The smallest absolute Gasteiger partial charge is 0.334 e. The number of aromatic hydroxyl groups is 2. The number of primary amides is 1. The molecule has 13 heteroatoms. The molecule has 0 radical (unpaired) electrons. The van der Waals surface area contributed by atoms with E-state index in [1.165, 1.54) is 0 Å². The van der Waals surface area contributed by atoms with Gasteiger partial charge in [0.05, 0.1) is 27.2 Å². The Morgan fingerprint density at radius 1 is 0.969 bits per heavy atom. The summed E-state index contributed by atoms with van der Waals surface area (Å²) in [5.74, 6) is -1.23. The van der Waals surface area contributed by atoms with Gasteiger partial charge < -0.3 is 21.3 Å². The number of carbonyl (C=O) groups is 1. The summed E-state index contributed by atoms with van der Waals surface area (Å²) in [7, 11) is 0. The molecule has 1 aromatic heterocycles. The number of fused-ring (bicyclic) bond motifs is 5. The molecule has 3 aliphatic rings. The van der Waals surface area contributed by atoms with Gasteiger partial charge in [0.1, 0.15) is 9.75 Å². The zero-order chi connectivity index (χ0) is 24.4. The molecule has 2 bridgehead atoms. The molecule has 4 rings (SSSR count). The van der Waals surface area contributed by atoms with Crippen LogP contribution in [0.4, 0.5) is 4.79 Å². The lowest BCUT2D eigenvalue weighted by Crippen LogP contribution is -2.65. The standard InChI is InChI=1S/C19H22Cl6N4O3/c1-15(2)5-7(6-16(3,4)27-15)28(14(26)32)29-12(30)8-9(13(29)31)18(23)11(21)10(20)17(8,22)19(18,24)25/h7,27,30-31H,5-6H2,1-4H3,(H2,26,32). The van der Waals surface area contributed by atoms with E-state index in [9.17, 15) is 15.0 Å². The van der Waals surface area contributed by atoms with Gasteiger partial charge in [-0.15, -0.1) is 23.2 Å². The van der Waals surface area contributed by atoms with Crippen molar-refractivity contribution < 1.29 is 15.0 Å². The molecule has 5 N–H and O–H groups in total. The number of carbonyl (C=O) groups excluding carboxylic acids is 1. The molecular formula is C19H22Cl6N4O3. The molecular weight excluding hydrogens is 545 g/mol. The van der Waals surface area contributed by atoms with Crippen LogP contribution >= 0.6 is 69.6 Å². The quantitative estimate of drug-likeness (QED) is 0.379. The Bertz CT molecular complexity index is 1020. The number of piperidine rings is 1. The Balaban J connectivity index is 1.95. The fourth-order valence-electron chi connectivity index (χ4n) is 5.62. The number of allylic oxidation sites excluding steroid dienone is 2. The van der Waals surface area contributed by atoms with Crippen LogP contribution in [0.5, 0.6) is 11.8 Å². The Labute approximate surface area is 215 Å². The van der Waals surface area contributed by atoms with Gasteiger partial charge in [-0.1, -0.05) is 46.4 Å². The summed E-state index contributed by atoms with van der Waals surface area (Å²) in [5, 5.41) is 26.7. The van der Waals surface area contributed by atoms with Crippen LogP contribution < -0.4 is 16.1 Å². The SMILES string of the molecule is CC1(C)CC(N(C(N)=O)n2c(O)c3c(c2O)C2(Cl)C(Cl)=C(Cl)C3(Cl)C2(Cl)Cl)CC(C)(C)N1. The van der Waals surface area contributed by atoms with Crippen LogP contribution in [-0.2, 0) is 9.75 Å². The zero-order valence-corrected chi connectivity index (χ0v) is 22.1. The highest BCUT2D eigenvalue weighted by atomic mass is 35.5. The Morgan fingerprint density at radius 3 is 1.69 bits per heavy atom. The fourth-order valence-corrected chi connectivity index (χ4v) is 8.31. The van der Waals surface area contributed by atoms with Gasteiger partial charge in [0.2, 0.25) is 11.8 Å². The van der Waals surface area contributed by atoms with E-state index >= 15 is 0 Å². The van der Waals surface area contributed by atoms with Crippen molar-refractivity contribution in [2.24, 2.45) is 5.73 Å². The molecule has 178 valence electrons. The number of alkyl halides is 4. The number of nitrogens with zero attached hydrogens (tertiary/aromatic N) is 2. The highest BCUT2D eigenvalue weighted by molar-refractivity contribution is 6.65. The first-order valence-corrected chi connectivity index (χ1v) is 12.0. The lowest BCUT2D eigenvalue weighted by atomic mass is 9.79. The summed E-state index contributed by atoms with van der Waals surface area (Å²) < 4.78 is -1.15. The predicted molar refractivity (Wildman–Crippen MR) is 128 cm³/mol. The molecule has 2 atom stereocenters. The molecule has 0 aromatic carbocycles. The first-order valence-electron chi connectivity index (χ1n) is 9.73. The fraction of sp³-hybridized carbons (Fsp3) is 0.632. The molecule has 1 fully saturated rings. The molecule has 2 heterocycles. The summed E-state index contributed by atoms with van der Waals surface area (Å²) in [4.78, 5) is 8.72. The number of nitrogens with two attached hydrogens (primary N) is 1. The van der Waals surface area contributed by atoms with Crippen molar-refractivity contribution in [3.8, 4) is 11.8 Å². The zero-order valence-electron chi connectivity index (χ0n) is 17.5. The van der Waals surface area contributed by atoms with Crippen molar-refractivity contribution >= 4 is 75.6 Å². The van der Waals surface area contributed by atoms with Crippen molar-refractivity contribution in [3.05, 3.63) is 21.2 Å². The van der Waals surface area contributed by atoms with Gasteiger partial charge >= 0.3 is 6.03 Å². The molecule has 0 saturated carbocycles. The molecule has 1 saturated heterocycles. The van der Waals surface area contributed by atoms with E-state index in [2.05, 4.69) is 5.32 Å². The first kappa shape index (κ1) is 24.7. The van der Waals surface area contributed by atoms with E-state index in [1.54, 1.807) is 0 Å². The van der Waals surface area contributed by atoms with Crippen molar-refractivity contribution in [3.63, 3.8) is 0 Å². The van der Waals surface area contributed by atoms with E-state index < -0.39 is 37.9 Å². The number of nitrogens with one attached hydrogen (secondary N) is 1. The molecule has 7 nitrogen and oxygen atoms in total. The van der Waals surface area contributed by atoms with E-state index in [-0.39, 0.29) is 32.3 Å². The number of halogens is 6. The lowest BCUT2D eigenvalue weighted by molar-refractivity contribution is 0.146. The monoisotopic (exact) mass is 564 g/mol. The summed E-state index contributed by atoms with van der Waals surface area (Å²) in [5.41, 5.74) is 4.71. The van der Waals surface area contributed by atoms with Crippen LogP contribution in [-0.4, -0.2) is 42.4 Å². The molecule has 1 aliphatic heterocycles. The average Bonchev–Trinajstić information content (AvgIpc) is 2.98. The van der Waals surface area contributed by atoms with Crippen LogP contribution in [0.1, 0.15) is 51.7 Å². The third kappa shape index (κ3) is 2.76. The van der Waals surface area contributed by atoms with Gasteiger partial charge in [-0.3, -0.25) is 0 Å². The molecule has 1 aromatic rings. The maximum atomic E-state index is 12.7. The molecule has 2 aliphatic carbocycles. The second-order valence-corrected chi connectivity index (χ2v) is 13.1. The molecule has 2 unspecified atom stereocenters. The van der Waals surface area contributed by atoms with Crippen molar-refractivity contribution in [1.29, 1.82) is 0 Å². The minimum Gasteiger partial charge on any atom is -0.493 e. The second-order valence-electron chi connectivity index (χ2n) is 9.87. The van der Waals surface area contributed by atoms with Crippen molar-refractivity contribution in [1.82, 2.24) is 9.99 Å². The minimum absolute atomic E-state index is 0.134. The summed E-state index contributed by atoms with van der Waals surface area (Å²) in [6.45, 7) is 7.93. The topological polar surface area (TPSA) is 104 Å². The van der Waals surface area contributed by atoms with Crippen LogP contribution in [0.15, 0.2) is 10.1 Å². The van der Waals surface area contributed by atoms with Crippen LogP contribution in [0.3, 0.4) is 0 Å². The van der Waals surface area contributed by atoms with E-state index in [4.69, 9.17) is 75.3 Å². The Hall–Kier alpha value is -0.410. The molecule has 32 heavy (non-hydrogen) atoms. The van der Waals surface area contributed by atoms with Crippen LogP contribution in [0, 0.1) is 0 Å². The first-order chi connectivity index (χ1) is 14.3. The van der Waals surface area contributed by atoms with E-state index in [0.29, 0.717) is 12.8 Å². The van der Waals surface area contributed by atoms with Crippen LogP contribution in [0.25, 0.3) is 0 Å². The lowest BCUT2D eigenvalue weighted by Gasteiger charge is -2.49. The van der Waals surface area contributed by atoms with Gasteiger partial charge in [-0.25, -0.2) is 9.80 Å². The Morgan fingerprint density at radius 2 is 1.34 bits per heavy atom. The number of aromatic nitrogens is 1. The average molecular weight is 567 g/mol. The number of urea groups is 1. The Kier molecular flexibility index (Phi) is 5.28. The van der Waals surface area contributed by atoms with Gasteiger partial charge in [-0.05, 0) is 40.5 Å². The normalized spacial score (nSPS) is 32.3. The van der Waals surface area contributed by atoms with E-state index in [1.807, 2.05) is 27.7 Å². The maximum absolute atomic E-state index is 12.7. The summed E-state index contributed by atoms with van der Waals surface area (Å²) >= 11 is 39.2. The predicted octanol–water partition coefficient (Wildman–Crippen LogP) is 4.98. The summed E-state index contributed by atoms with van der Waals surface area (Å²) in [6, 6.07) is -1.41. The number of rotatable bonds is 2. The third-order valence-corrected chi connectivity index (χ3v) is 10.5. The third-order valence-electron chi connectivity index (χ3n) is 6.41. The molecule has 2 amide bonds. The van der Waals surface area contributed by atoms with Gasteiger partial charge in [0, 0.05) is 11.1 Å². The van der Waals surface area contributed by atoms with Gasteiger partial charge in [-0.2, -0.15) is 4.68 Å². The number of hydrogen-bond acceptors (Lipinski definition) is 4. The highest BCUT2D eigenvalue weighted by Crippen LogP contribution is 2.80. The number of hydrogen-bond donors (Lipinski definition) is 4. The minimum atomic E-state index is -2.04. The van der Waals surface area contributed by atoms with E-state index in [0.717, 1.165) is 9.69 Å². The highest BCUT2D eigenvalue weighted by Gasteiger charge is 2.80. The second kappa shape index (κ2) is 6.84. The van der Waals surface area contributed by atoms with Gasteiger partial charge in [0.25, 0.3) is 0 Å². The van der Waals surface area contributed by atoms with Crippen LogP contribution in [0.2, 0.25) is 0 Å². The largest absolute Gasteiger partial charge is 0.493 e. The molecule has 0 spiro atoms. The number of amides is 2. The summed E-state index contributed by atoms with van der Waals surface area (Å²) in [6.07, 6.45) is 0.932. The van der Waals surface area contributed by atoms with Crippen molar-refractivity contribution in [2.45, 2.75) is 71.7 Å². The maximum Gasteiger partial charge on any atom is 0.334 e.